The summed E-state index contributed by atoms with van der Waals surface area (Å²) in [5.74, 6) is -3.37. The minimum Gasteiger partial charge on any atom is -0.207 e. The normalized spacial score (nSPS) is 8.87. The van der Waals surface area contributed by atoms with E-state index in [0.717, 1.165) is 6.08 Å². The number of rotatable bonds is 1. The molecule has 0 amide bonds. The van der Waals surface area contributed by atoms with Crippen LogP contribution < -0.4 is 0 Å². The highest BCUT2D eigenvalue weighted by Crippen LogP contribution is 2.17. The van der Waals surface area contributed by atoms with E-state index < -0.39 is 28.6 Å². The predicted molar refractivity (Wildman–Crippen MR) is 45.5 cm³/mol. The van der Waals surface area contributed by atoms with E-state index in [9.17, 15) is 13.2 Å². The predicted octanol–water partition coefficient (Wildman–Crippen LogP) is 2.53. The zero-order chi connectivity index (χ0) is 11.4. The van der Waals surface area contributed by atoms with Gasteiger partial charge in [0.15, 0.2) is 0 Å². The third-order valence-corrected chi connectivity index (χ3v) is 1.57. The molecule has 15 heavy (non-hydrogen) atoms. The van der Waals surface area contributed by atoms with Crippen molar-refractivity contribution in [2.45, 2.75) is 0 Å². The van der Waals surface area contributed by atoms with Crippen molar-refractivity contribution < 1.29 is 13.2 Å². The molecule has 0 N–H and O–H groups in total. The fraction of sp³-hybridized carbons (Fsp3) is 0. The highest BCUT2D eigenvalue weighted by molar-refractivity contribution is 5.62. The molecule has 74 valence electrons. The van der Waals surface area contributed by atoms with E-state index in [4.69, 9.17) is 10.5 Å². The van der Waals surface area contributed by atoms with E-state index in [1.54, 1.807) is 0 Å². The van der Waals surface area contributed by atoms with Crippen LogP contribution in [0, 0.1) is 40.1 Å². The Morgan fingerprint density at radius 1 is 1.07 bits per heavy atom. The van der Waals surface area contributed by atoms with Crippen LogP contribution in [0.3, 0.4) is 0 Å². The first-order chi connectivity index (χ1) is 7.08. The maximum absolute atomic E-state index is 13.0. The maximum atomic E-state index is 13.0. The van der Waals surface area contributed by atoms with Gasteiger partial charge < -0.3 is 0 Å². The van der Waals surface area contributed by atoms with Crippen LogP contribution in [0.15, 0.2) is 17.7 Å². The molecule has 0 aliphatic rings. The van der Waals surface area contributed by atoms with Crippen molar-refractivity contribution in [1.29, 1.82) is 10.5 Å². The highest BCUT2D eigenvalue weighted by Gasteiger charge is 2.10. The Hall–Kier alpha value is -2.27. The van der Waals surface area contributed by atoms with Gasteiger partial charge in [-0.25, -0.2) is 13.2 Å². The Morgan fingerprint density at radius 2 is 1.53 bits per heavy atom. The first kappa shape index (κ1) is 10.8. The van der Waals surface area contributed by atoms with Gasteiger partial charge in [-0.1, -0.05) is 0 Å². The first-order valence-electron chi connectivity index (χ1n) is 3.75. The summed E-state index contributed by atoms with van der Waals surface area (Å²) in [7, 11) is 0. The number of hydrogen-bond acceptors (Lipinski definition) is 2. The van der Waals surface area contributed by atoms with Gasteiger partial charge in [-0.15, -0.1) is 0 Å². The largest absolute Gasteiger partial charge is 0.207 e. The van der Waals surface area contributed by atoms with Crippen molar-refractivity contribution in [2.24, 2.45) is 0 Å². The number of benzene rings is 1. The zero-order valence-corrected chi connectivity index (χ0v) is 7.26. The molecule has 0 radical (unpaired) electrons. The molecule has 5 heteroatoms. The molecule has 0 aliphatic heterocycles. The van der Waals surface area contributed by atoms with Crippen molar-refractivity contribution in [3.63, 3.8) is 0 Å². The summed E-state index contributed by atoms with van der Waals surface area (Å²) in [6, 6.07) is 3.83. The molecule has 0 saturated carbocycles. The number of nitriles is 2. The molecule has 1 aromatic carbocycles. The van der Waals surface area contributed by atoms with Crippen molar-refractivity contribution in [2.75, 3.05) is 0 Å². The van der Waals surface area contributed by atoms with E-state index >= 15 is 0 Å². The summed E-state index contributed by atoms with van der Waals surface area (Å²) >= 11 is 0. The van der Waals surface area contributed by atoms with Crippen LogP contribution in [-0.4, -0.2) is 0 Å². The van der Waals surface area contributed by atoms with Gasteiger partial charge in [-0.05, 0) is 6.08 Å². The second-order valence-corrected chi connectivity index (χ2v) is 2.56. The summed E-state index contributed by atoms with van der Waals surface area (Å²) in [6.45, 7) is 0. The molecule has 1 aromatic rings. The number of halogens is 3. The fourth-order valence-corrected chi connectivity index (χ4v) is 0.925. The number of hydrogen-bond donors (Lipinski definition) is 0. The van der Waals surface area contributed by atoms with Gasteiger partial charge in [0.05, 0.1) is 0 Å². The average Bonchev–Trinajstić information content (AvgIpc) is 2.17. The first-order valence-corrected chi connectivity index (χ1v) is 3.75. The average molecular weight is 208 g/mol. The van der Waals surface area contributed by atoms with Gasteiger partial charge in [-0.2, -0.15) is 10.5 Å². The Morgan fingerprint density at radius 3 is 1.93 bits per heavy atom. The van der Waals surface area contributed by atoms with Crippen LogP contribution in [0.2, 0.25) is 0 Å². The van der Waals surface area contributed by atoms with Crippen LogP contribution in [0.4, 0.5) is 13.2 Å². The summed E-state index contributed by atoms with van der Waals surface area (Å²) in [6.07, 6.45) is 0.726. The van der Waals surface area contributed by atoms with E-state index in [-0.39, 0.29) is 0 Å². The third-order valence-electron chi connectivity index (χ3n) is 1.57. The number of nitrogens with zero attached hydrogens (tertiary/aromatic N) is 2. The van der Waals surface area contributed by atoms with Crippen LogP contribution in [0.5, 0.6) is 0 Å². The summed E-state index contributed by atoms with van der Waals surface area (Å²) < 4.78 is 38.5. The molecule has 0 heterocycles. The van der Waals surface area contributed by atoms with Gasteiger partial charge >= 0.3 is 0 Å². The van der Waals surface area contributed by atoms with Crippen molar-refractivity contribution in [3.8, 4) is 12.1 Å². The van der Waals surface area contributed by atoms with Crippen molar-refractivity contribution in [1.82, 2.24) is 0 Å². The van der Waals surface area contributed by atoms with Gasteiger partial charge in [0, 0.05) is 17.7 Å². The van der Waals surface area contributed by atoms with E-state index in [1.165, 1.54) is 12.1 Å². The quantitative estimate of drug-likeness (QED) is 0.665. The standard InChI is InChI=1S/C10H3F3N2/c11-7-2-9(12)8(10(13)3-7)1-6(4-14)5-15/h1-3H. The molecule has 0 bridgehead atoms. The summed E-state index contributed by atoms with van der Waals surface area (Å²) in [5, 5.41) is 16.7. The molecule has 0 aromatic heterocycles. The molecule has 2 nitrogen and oxygen atoms in total. The molecule has 0 spiro atoms. The van der Waals surface area contributed by atoms with Crippen LogP contribution >= 0.6 is 0 Å². The van der Waals surface area contributed by atoms with E-state index in [2.05, 4.69) is 0 Å². The lowest BCUT2D eigenvalue weighted by atomic mass is 10.1. The van der Waals surface area contributed by atoms with Crippen LogP contribution in [0.1, 0.15) is 5.56 Å². The molecule has 0 aliphatic carbocycles. The SMILES string of the molecule is N#CC(C#N)=Cc1c(F)cc(F)cc1F. The van der Waals surface area contributed by atoms with Crippen LogP contribution in [0.25, 0.3) is 6.08 Å². The van der Waals surface area contributed by atoms with Gasteiger partial charge in [0.1, 0.15) is 35.2 Å². The minimum atomic E-state index is -1.16. The Bertz CT molecular complexity index is 467. The number of allylic oxidation sites excluding steroid dienone is 1. The van der Waals surface area contributed by atoms with Gasteiger partial charge in [0.2, 0.25) is 0 Å². The minimum absolute atomic E-state index is 0.459. The highest BCUT2D eigenvalue weighted by atomic mass is 19.1. The maximum Gasteiger partial charge on any atom is 0.136 e. The topological polar surface area (TPSA) is 47.6 Å². The zero-order valence-electron chi connectivity index (χ0n) is 7.26. The lowest BCUT2D eigenvalue weighted by Gasteiger charge is -1.99. The molecule has 0 saturated heterocycles. The monoisotopic (exact) mass is 208 g/mol. The lowest BCUT2D eigenvalue weighted by molar-refractivity contribution is 0.540. The van der Waals surface area contributed by atoms with E-state index in [1.807, 2.05) is 0 Å². The summed E-state index contributed by atoms with van der Waals surface area (Å²) in [4.78, 5) is 0. The fourth-order valence-electron chi connectivity index (χ4n) is 0.925. The third kappa shape index (κ3) is 2.35. The van der Waals surface area contributed by atoms with Gasteiger partial charge in [0.25, 0.3) is 0 Å². The Balaban J connectivity index is 3.36. The molecular weight excluding hydrogens is 205 g/mol. The van der Waals surface area contributed by atoms with Gasteiger partial charge in [-0.3, -0.25) is 0 Å². The molecule has 0 atom stereocenters. The second kappa shape index (κ2) is 4.30. The van der Waals surface area contributed by atoms with E-state index in [0.29, 0.717) is 12.1 Å². The lowest BCUT2D eigenvalue weighted by Crippen LogP contribution is -1.92. The molecule has 0 unspecified atom stereocenters. The Labute approximate surface area is 83.5 Å². The van der Waals surface area contributed by atoms with Crippen molar-refractivity contribution in [3.05, 3.63) is 40.7 Å². The Kier molecular flexibility index (Phi) is 3.10. The second-order valence-electron chi connectivity index (χ2n) is 2.56. The molecule has 0 fully saturated rings. The van der Waals surface area contributed by atoms with Crippen LogP contribution in [-0.2, 0) is 0 Å². The summed E-state index contributed by atoms with van der Waals surface area (Å²) in [5.41, 5.74) is -1.06. The smallest absolute Gasteiger partial charge is 0.136 e. The van der Waals surface area contributed by atoms with Crippen molar-refractivity contribution >= 4 is 6.08 Å². The molecule has 1 rings (SSSR count). The molecular formula is C10H3F3N2.